The maximum Gasteiger partial charge on any atom is 0.416 e. The van der Waals surface area contributed by atoms with E-state index in [1.165, 1.54) is 0 Å². The van der Waals surface area contributed by atoms with E-state index in [-0.39, 0.29) is 19.1 Å². The summed E-state index contributed by atoms with van der Waals surface area (Å²) in [4.78, 5) is 10.7. The van der Waals surface area contributed by atoms with E-state index in [0.29, 0.717) is 29.5 Å². The van der Waals surface area contributed by atoms with Gasteiger partial charge in [-0.05, 0) is 29.8 Å². The van der Waals surface area contributed by atoms with Crippen LogP contribution in [-0.4, -0.2) is 12.9 Å². The predicted octanol–water partition coefficient (Wildman–Crippen LogP) is 5.16. The molecule has 25 heavy (non-hydrogen) atoms. The molecule has 0 unspecified atom stereocenters. The summed E-state index contributed by atoms with van der Waals surface area (Å²) in [5, 5.41) is 0. The average molecular weight is 362 g/mol. The standard InChI is InChI=1S/C17H12F6O2/c18-16(19,20)13-7-14(17(21,22)23)9-15(8-13)25-5-4-11-2-1-3-12(6-11)10-24/h1-3,6-10H,4-5H2. The molecule has 134 valence electrons. The van der Waals surface area contributed by atoms with Gasteiger partial charge in [-0.3, -0.25) is 4.79 Å². The normalized spacial score (nSPS) is 12.1. The van der Waals surface area contributed by atoms with Crippen LogP contribution < -0.4 is 4.74 Å². The molecular formula is C17H12F6O2. The van der Waals surface area contributed by atoms with Gasteiger partial charge in [-0.1, -0.05) is 18.2 Å². The highest BCUT2D eigenvalue weighted by molar-refractivity contribution is 5.74. The Bertz CT molecular complexity index is 717. The number of hydrogen-bond acceptors (Lipinski definition) is 2. The highest BCUT2D eigenvalue weighted by Crippen LogP contribution is 2.38. The van der Waals surface area contributed by atoms with Crippen molar-refractivity contribution in [2.75, 3.05) is 6.61 Å². The third-order valence-electron chi connectivity index (χ3n) is 3.31. The molecule has 0 radical (unpaired) electrons. The number of halogens is 6. The largest absolute Gasteiger partial charge is 0.493 e. The van der Waals surface area contributed by atoms with Gasteiger partial charge in [0.25, 0.3) is 0 Å². The van der Waals surface area contributed by atoms with Crippen LogP contribution in [0, 0.1) is 0 Å². The second-order valence-corrected chi connectivity index (χ2v) is 5.20. The summed E-state index contributed by atoms with van der Waals surface area (Å²) in [6.07, 6.45) is -8.98. The molecule has 0 fully saturated rings. The summed E-state index contributed by atoms with van der Waals surface area (Å²) in [6.45, 7) is -0.138. The molecule has 0 atom stereocenters. The second kappa shape index (κ2) is 7.16. The lowest BCUT2D eigenvalue weighted by molar-refractivity contribution is -0.143. The maximum absolute atomic E-state index is 12.8. The number of rotatable bonds is 5. The van der Waals surface area contributed by atoms with Gasteiger partial charge < -0.3 is 4.74 Å². The first-order chi connectivity index (χ1) is 11.6. The number of benzene rings is 2. The Morgan fingerprint density at radius 3 is 2.00 bits per heavy atom. The Labute approximate surface area is 139 Å². The van der Waals surface area contributed by atoms with E-state index < -0.39 is 29.2 Å². The van der Waals surface area contributed by atoms with Gasteiger partial charge in [0.05, 0.1) is 17.7 Å². The molecule has 0 aliphatic heterocycles. The van der Waals surface area contributed by atoms with E-state index in [4.69, 9.17) is 4.74 Å². The van der Waals surface area contributed by atoms with E-state index in [0.717, 1.165) is 0 Å². The predicted molar refractivity (Wildman–Crippen MR) is 77.5 cm³/mol. The van der Waals surface area contributed by atoms with Gasteiger partial charge in [-0.25, -0.2) is 0 Å². The molecule has 0 aromatic heterocycles. The van der Waals surface area contributed by atoms with Gasteiger partial charge in [-0.15, -0.1) is 0 Å². The van der Waals surface area contributed by atoms with Crippen molar-refractivity contribution >= 4 is 6.29 Å². The number of carbonyl (C=O) groups is 1. The molecule has 2 aromatic carbocycles. The first-order valence-corrected chi connectivity index (χ1v) is 7.06. The van der Waals surface area contributed by atoms with Crippen LogP contribution in [-0.2, 0) is 18.8 Å². The van der Waals surface area contributed by atoms with E-state index in [2.05, 4.69) is 0 Å². The lowest BCUT2D eigenvalue weighted by Gasteiger charge is -2.15. The summed E-state index contributed by atoms with van der Waals surface area (Å²) >= 11 is 0. The van der Waals surface area contributed by atoms with E-state index >= 15 is 0 Å². The van der Waals surface area contributed by atoms with E-state index in [1.807, 2.05) is 0 Å². The molecule has 0 amide bonds. The Morgan fingerprint density at radius 1 is 0.880 bits per heavy atom. The summed E-state index contributed by atoms with van der Waals surface area (Å²) in [5.74, 6) is -0.520. The monoisotopic (exact) mass is 362 g/mol. The zero-order valence-corrected chi connectivity index (χ0v) is 12.6. The van der Waals surface area contributed by atoms with Crippen molar-refractivity contribution in [1.29, 1.82) is 0 Å². The van der Waals surface area contributed by atoms with Crippen LogP contribution in [0.25, 0.3) is 0 Å². The molecule has 0 aliphatic carbocycles. The van der Waals surface area contributed by atoms with Crippen LogP contribution in [0.3, 0.4) is 0 Å². The van der Waals surface area contributed by atoms with Gasteiger partial charge in [0.1, 0.15) is 12.0 Å². The van der Waals surface area contributed by atoms with Gasteiger partial charge in [0, 0.05) is 12.0 Å². The quantitative estimate of drug-likeness (QED) is 0.543. The van der Waals surface area contributed by atoms with Crippen LogP contribution in [0.2, 0.25) is 0 Å². The summed E-state index contributed by atoms with van der Waals surface area (Å²) in [6, 6.07) is 7.51. The van der Waals surface area contributed by atoms with Crippen LogP contribution >= 0.6 is 0 Å². The van der Waals surface area contributed by atoms with Crippen LogP contribution in [0.4, 0.5) is 26.3 Å². The lowest BCUT2D eigenvalue weighted by Crippen LogP contribution is -2.12. The fourth-order valence-corrected chi connectivity index (χ4v) is 2.12. The fourth-order valence-electron chi connectivity index (χ4n) is 2.12. The van der Waals surface area contributed by atoms with Gasteiger partial charge >= 0.3 is 12.4 Å². The molecule has 0 heterocycles. The average Bonchev–Trinajstić information content (AvgIpc) is 2.53. The molecule has 0 bridgehead atoms. The number of ether oxygens (including phenoxy) is 1. The number of hydrogen-bond donors (Lipinski definition) is 0. The molecule has 0 aliphatic rings. The van der Waals surface area contributed by atoms with Crippen molar-refractivity contribution in [2.24, 2.45) is 0 Å². The summed E-state index contributed by atoms with van der Waals surface area (Å²) < 4.78 is 81.6. The van der Waals surface area contributed by atoms with Crippen molar-refractivity contribution in [1.82, 2.24) is 0 Å². The van der Waals surface area contributed by atoms with Crippen molar-refractivity contribution in [3.63, 3.8) is 0 Å². The first-order valence-electron chi connectivity index (χ1n) is 7.06. The number of alkyl halides is 6. The van der Waals surface area contributed by atoms with Crippen molar-refractivity contribution in [3.05, 3.63) is 64.7 Å². The van der Waals surface area contributed by atoms with E-state index in [1.54, 1.807) is 24.3 Å². The summed E-state index contributed by atoms with van der Waals surface area (Å²) in [7, 11) is 0. The Morgan fingerprint density at radius 2 is 1.48 bits per heavy atom. The molecule has 0 saturated heterocycles. The van der Waals surface area contributed by atoms with Crippen molar-refractivity contribution in [2.45, 2.75) is 18.8 Å². The molecule has 0 N–H and O–H groups in total. The van der Waals surface area contributed by atoms with Crippen molar-refractivity contribution < 1.29 is 35.9 Å². The van der Waals surface area contributed by atoms with Crippen LogP contribution in [0.5, 0.6) is 5.75 Å². The minimum absolute atomic E-state index is 0.0421. The Hall–Kier alpha value is -2.51. The zero-order chi connectivity index (χ0) is 18.7. The lowest BCUT2D eigenvalue weighted by atomic mass is 10.1. The molecule has 2 nitrogen and oxygen atoms in total. The van der Waals surface area contributed by atoms with Crippen molar-refractivity contribution in [3.8, 4) is 5.75 Å². The first kappa shape index (κ1) is 18.8. The fraction of sp³-hybridized carbons (Fsp3) is 0.235. The molecule has 2 rings (SSSR count). The van der Waals surface area contributed by atoms with Gasteiger partial charge in [-0.2, -0.15) is 26.3 Å². The third kappa shape index (κ3) is 5.23. The summed E-state index contributed by atoms with van der Waals surface area (Å²) in [5.41, 5.74) is -1.77. The minimum atomic E-state index is -4.92. The smallest absolute Gasteiger partial charge is 0.416 e. The molecular weight excluding hydrogens is 350 g/mol. The van der Waals surface area contributed by atoms with Crippen LogP contribution in [0.15, 0.2) is 42.5 Å². The zero-order valence-electron chi connectivity index (χ0n) is 12.6. The topological polar surface area (TPSA) is 26.3 Å². The number of aldehydes is 1. The molecule has 0 saturated carbocycles. The molecule has 2 aromatic rings. The van der Waals surface area contributed by atoms with Gasteiger partial charge in [0.15, 0.2) is 0 Å². The highest BCUT2D eigenvalue weighted by atomic mass is 19.4. The Kier molecular flexibility index (Phi) is 5.39. The second-order valence-electron chi connectivity index (χ2n) is 5.20. The molecule has 0 spiro atoms. The molecule has 8 heteroatoms. The van der Waals surface area contributed by atoms with Crippen LogP contribution in [0.1, 0.15) is 27.0 Å². The van der Waals surface area contributed by atoms with Gasteiger partial charge in [0.2, 0.25) is 0 Å². The Balaban J connectivity index is 2.16. The maximum atomic E-state index is 12.8. The SMILES string of the molecule is O=Cc1cccc(CCOc2cc(C(F)(F)F)cc(C(F)(F)F)c2)c1. The third-order valence-corrected chi connectivity index (χ3v) is 3.31. The minimum Gasteiger partial charge on any atom is -0.493 e. The van der Waals surface area contributed by atoms with E-state index in [9.17, 15) is 31.1 Å². The number of carbonyl (C=O) groups excluding carboxylic acids is 1. The highest BCUT2D eigenvalue weighted by Gasteiger charge is 2.37.